The predicted octanol–water partition coefficient (Wildman–Crippen LogP) is 2.08. The maximum Gasteiger partial charge on any atom is 0.275 e. The molecule has 1 fully saturated rings. The van der Waals surface area contributed by atoms with Gasteiger partial charge in [-0.15, -0.1) is 11.3 Å². The fourth-order valence-electron chi connectivity index (χ4n) is 2.02. The van der Waals surface area contributed by atoms with Crippen molar-refractivity contribution in [3.63, 3.8) is 0 Å². The largest absolute Gasteiger partial charge is 0.397 e. The monoisotopic (exact) mass is 339 g/mol. The molecule has 106 valence electrons. The molecule has 5 nitrogen and oxygen atoms in total. The minimum absolute atomic E-state index is 0.00641. The Bertz CT molecular complexity index is 579. The molecule has 0 atom stereocenters. The fraction of sp³-hybridized carbons (Fsp3) is 0.500. The van der Waals surface area contributed by atoms with E-state index in [2.05, 4.69) is 10.0 Å². The van der Waals surface area contributed by atoms with Crippen molar-refractivity contribution in [3.05, 3.63) is 10.4 Å². The summed E-state index contributed by atoms with van der Waals surface area (Å²) in [6, 6.07) is 1.66. The summed E-state index contributed by atoms with van der Waals surface area (Å²) in [4.78, 5) is 0. The molecule has 1 heterocycles. The second-order valence-electron chi connectivity index (χ2n) is 4.35. The molecule has 1 saturated carbocycles. The molecule has 1 aliphatic carbocycles. The molecule has 4 N–H and O–H groups in total. The van der Waals surface area contributed by atoms with Crippen LogP contribution in [0.2, 0.25) is 4.34 Å². The van der Waals surface area contributed by atoms with Crippen molar-refractivity contribution >= 4 is 56.0 Å². The van der Waals surface area contributed by atoms with E-state index in [9.17, 15) is 8.42 Å². The van der Waals surface area contributed by atoms with Crippen molar-refractivity contribution in [2.75, 3.05) is 5.73 Å². The minimum Gasteiger partial charge on any atom is -0.397 e. The molecule has 0 unspecified atom stereocenters. The van der Waals surface area contributed by atoms with Gasteiger partial charge in [-0.2, -0.15) is 0 Å². The Morgan fingerprint density at radius 3 is 2.63 bits per heavy atom. The van der Waals surface area contributed by atoms with Crippen LogP contribution in [0.25, 0.3) is 0 Å². The molecule has 0 spiro atoms. The maximum atomic E-state index is 12.1. The lowest BCUT2D eigenvalue weighted by Crippen LogP contribution is -2.43. The van der Waals surface area contributed by atoms with Gasteiger partial charge in [-0.3, -0.25) is 4.72 Å². The number of hydrogen-bond donors (Lipinski definition) is 3. The van der Waals surface area contributed by atoms with Gasteiger partial charge in [0.25, 0.3) is 10.0 Å². The fourth-order valence-corrected chi connectivity index (χ4v) is 5.14. The standard InChI is InChI=1S/C10H14ClN3O2S3/c11-8-5-7(12)9(18-8)19(15,16)14-10(17)13-6-3-1-2-4-6/h5-6H,1-4,12H2,(H2,13,14,17). The minimum atomic E-state index is -3.76. The van der Waals surface area contributed by atoms with Gasteiger partial charge in [0, 0.05) is 6.04 Å². The van der Waals surface area contributed by atoms with Crippen LogP contribution in [0.4, 0.5) is 5.69 Å². The van der Waals surface area contributed by atoms with Gasteiger partial charge in [-0.25, -0.2) is 8.42 Å². The van der Waals surface area contributed by atoms with Crippen LogP contribution < -0.4 is 15.8 Å². The second kappa shape index (κ2) is 5.82. The Labute approximate surface area is 126 Å². The first-order chi connectivity index (χ1) is 8.88. The molecule has 1 aromatic heterocycles. The third kappa shape index (κ3) is 3.71. The molecule has 0 saturated heterocycles. The van der Waals surface area contributed by atoms with Crippen LogP contribution in [-0.2, 0) is 10.0 Å². The summed E-state index contributed by atoms with van der Waals surface area (Å²) in [5, 5.41) is 3.11. The number of hydrogen-bond acceptors (Lipinski definition) is 5. The highest BCUT2D eigenvalue weighted by molar-refractivity contribution is 7.93. The maximum absolute atomic E-state index is 12.1. The zero-order valence-electron chi connectivity index (χ0n) is 9.98. The normalized spacial score (nSPS) is 16.5. The number of thiocarbonyl (C=S) groups is 1. The van der Waals surface area contributed by atoms with Gasteiger partial charge in [0.15, 0.2) is 9.32 Å². The first-order valence-corrected chi connectivity index (χ1v) is 8.85. The lowest BCUT2D eigenvalue weighted by molar-refractivity contribution is 0.590. The van der Waals surface area contributed by atoms with Crippen LogP contribution in [-0.4, -0.2) is 19.6 Å². The highest BCUT2D eigenvalue weighted by Gasteiger charge is 2.23. The summed E-state index contributed by atoms with van der Waals surface area (Å²) in [5.41, 5.74) is 5.74. The molecule has 0 aliphatic heterocycles. The highest BCUT2D eigenvalue weighted by atomic mass is 35.5. The zero-order valence-corrected chi connectivity index (χ0v) is 13.2. The molecule has 0 amide bonds. The molecule has 2 rings (SSSR count). The van der Waals surface area contributed by atoms with E-state index >= 15 is 0 Å². The van der Waals surface area contributed by atoms with Crippen molar-refractivity contribution < 1.29 is 8.42 Å². The van der Waals surface area contributed by atoms with E-state index in [0.29, 0.717) is 4.34 Å². The van der Waals surface area contributed by atoms with Gasteiger partial charge < -0.3 is 11.1 Å². The summed E-state index contributed by atoms with van der Waals surface area (Å²) >= 11 is 11.7. The lowest BCUT2D eigenvalue weighted by atomic mass is 10.3. The van der Waals surface area contributed by atoms with Gasteiger partial charge in [-0.1, -0.05) is 24.4 Å². The van der Waals surface area contributed by atoms with Crippen molar-refractivity contribution in [2.45, 2.75) is 35.9 Å². The van der Waals surface area contributed by atoms with Crippen LogP contribution in [0.1, 0.15) is 25.7 Å². The number of nitrogens with two attached hydrogens (primary N) is 1. The summed E-state index contributed by atoms with van der Waals surface area (Å²) in [6.45, 7) is 0. The number of thiophene rings is 1. The van der Waals surface area contributed by atoms with Crippen LogP contribution in [0.5, 0.6) is 0 Å². The van der Waals surface area contributed by atoms with Crippen molar-refractivity contribution in [1.82, 2.24) is 10.0 Å². The van der Waals surface area contributed by atoms with Crippen molar-refractivity contribution in [1.29, 1.82) is 0 Å². The van der Waals surface area contributed by atoms with E-state index in [0.717, 1.165) is 37.0 Å². The van der Waals surface area contributed by atoms with E-state index in [1.165, 1.54) is 6.07 Å². The molecular weight excluding hydrogens is 326 g/mol. The van der Waals surface area contributed by atoms with Crippen LogP contribution in [0.15, 0.2) is 10.3 Å². The summed E-state index contributed by atoms with van der Waals surface area (Å²) in [5.74, 6) is 0. The van der Waals surface area contributed by atoms with Crippen LogP contribution in [0, 0.1) is 0 Å². The Hall–Kier alpha value is -0.570. The lowest BCUT2D eigenvalue weighted by Gasteiger charge is -2.15. The second-order valence-corrected chi connectivity index (χ2v) is 8.32. The Kier molecular flexibility index (Phi) is 4.54. The van der Waals surface area contributed by atoms with Crippen molar-refractivity contribution in [3.8, 4) is 0 Å². The Morgan fingerprint density at radius 2 is 2.11 bits per heavy atom. The molecular formula is C10H14ClN3O2S3. The third-order valence-electron chi connectivity index (χ3n) is 2.86. The predicted molar refractivity (Wildman–Crippen MR) is 82.1 cm³/mol. The van der Waals surface area contributed by atoms with E-state index in [4.69, 9.17) is 29.6 Å². The molecule has 19 heavy (non-hydrogen) atoms. The van der Waals surface area contributed by atoms with Gasteiger partial charge in [0.05, 0.1) is 10.0 Å². The molecule has 1 aromatic rings. The van der Waals surface area contributed by atoms with Gasteiger partial charge in [0.2, 0.25) is 0 Å². The molecule has 9 heteroatoms. The van der Waals surface area contributed by atoms with E-state index < -0.39 is 10.0 Å². The number of sulfonamides is 1. The smallest absolute Gasteiger partial charge is 0.275 e. The quantitative estimate of drug-likeness (QED) is 0.734. The summed E-state index contributed by atoms with van der Waals surface area (Å²) in [7, 11) is -3.76. The van der Waals surface area contributed by atoms with Gasteiger partial charge in [-0.05, 0) is 31.1 Å². The van der Waals surface area contributed by atoms with Gasteiger partial charge in [0.1, 0.15) is 0 Å². The first-order valence-electron chi connectivity index (χ1n) is 5.76. The topological polar surface area (TPSA) is 84.2 Å². The summed E-state index contributed by atoms with van der Waals surface area (Å²) < 4.78 is 26.8. The van der Waals surface area contributed by atoms with E-state index in [-0.39, 0.29) is 21.1 Å². The zero-order chi connectivity index (χ0) is 14.0. The summed E-state index contributed by atoms with van der Waals surface area (Å²) in [6.07, 6.45) is 4.30. The number of nitrogens with one attached hydrogen (secondary N) is 2. The Morgan fingerprint density at radius 1 is 1.47 bits per heavy atom. The number of nitrogen functional groups attached to an aromatic ring is 1. The van der Waals surface area contributed by atoms with E-state index in [1.54, 1.807) is 0 Å². The third-order valence-corrected chi connectivity index (χ3v) is 6.38. The van der Waals surface area contributed by atoms with Crippen molar-refractivity contribution in [2.24, 2.45) is 0 Å². The van der Waals surface area contributed by atoms with Gasteiger partial charge >= 0.3 is 0 Å². The highest BCUT2D eigenvalue weighted by Crippen LogP contribution is 2.32. The number of rotatable bonds is 3. The SMILES string of the molecule is Nc1cc(Cl)sc1S(=O)(=O)NC(=S)NC1CCCC1. The molecule has 0 aromatic carbocycles. The average molecular weight is 340 g/mol. The molecule has 0 bridgehead atoms. The number of halogens is 1. The number of anilines is 1. The molecule has 0 radical (unpaired) electrons. The average Bonchev–Trinajstić information content (AvgIpc) is 2.87. The Balaban J connectivity index is 2.04. The van der Waals surface area contributed by atoms with E-state index in [1.807, 2.05) is 0 Å². The molecule has 1 aliphatic rings. The van der Waals surface area contributed by atoms with Crippen LogP contribution in [0.3, 0.4) is 0 Å². The first kappa shape index (κ1) is 14.8. The van der Waals surface area contributed by atoms with Crippen LogP contribution >= 0.6 is 35.2 Å².